The van der Waals surface area contributed by atoms with E-state index < -0.39 is 0 Å². The number of nitrogen functional groups attached to an aromatic ring is 1. The molecule has 0 amide bonds. The van der Waals surface area contributed by atoms with Crippen molar-refractivity contribution in [2.24, 2.45) is 7.05 Å². The minimum atomic E-state index is 0.404. The molecule has 1 aromatic carbocycles. The van der Waals surface area contributed by atoms with Crippen LogP contribution in [-0.4, -0.2) is 25.9 Å². The molecular weight excluding hydrogens is 242 g/mol. The number of ether oxygens (including phenoxy) is 1. The molecule has 0 radical (unpaired) electrons. The van der Waals surface area contributed by atoms with Crippen LogP contribution in [0.25, 0.3) is 16.9 Å². The lowest BCUT2D eigenvalue weighted by Crippen LogP contribution is -2.02. The van der Waals surface area contributed by atoms with Crippen LogP contribution in [0.15, 0.2) is 30.5 Å². The van der Waals surface area contributed by atoms with Gasteiger partial charge in [0.05, 0.1) is 12.1 Å². The highest BCUT2D eigenvalue weighted by molar-refractivity contribution is 5.85. The number of aryl methyl sites for hydroxylation is 1. The predicted molar refractivity (Wildman–Crippen MR) is 73.4 cm³/mol. The van der Waals surface area contributed by atoms with E-state index in [9.17, 15) is 0 Å². The molecule has 2 aromatic heterocycles. The fourth-order valence-electron chi connectivity index (χ4n) is 2.13. The Balaban J connectivity index is 2.25. The molecule has 0 atom stereocenters. The molecule has 6 nitrogen and oxygen atoms in total. The number of hydrogen-bond acceptors (Lipinski definition) is 4. The maximum absolute atomic E-state index is 6.01. The molecule has 2 heterocycles. The SMILES string of the molecule is CCOc1cccc2c1nc(N)n2-c1ccn(C)n1. The number of imidazole rings is 1. The molecule has 2 N–H and O–H groups in total. The van der Waals surface area contributed by atoms with Gasteiger partial charge in [-0.05, 0) is 19.1 Å². The summed E-state index contributed by atoms with van der Waals surface area (Å²) in [6.45, 7) is 2.54. The van der Waals surface area contributed by atoms with E-state index in [2.05, 4.69) is 10.1 Å². The fraction of sp³-hybridized carbons (Fsp3) is 0.231. The molecule has 0 unspecified atom stereocenters. The molecule has 0 aliphatic rings. The smallest absolute Gasteiger partial charge is 0.207 e. The van der Waals surface area contributed by atoms with Gasteiger partial charge in [0.1, 0.15) is 11.3 Å². The summed E-state index contributed by atoms with van der Waals surface area (Å²) in [5.41, 5.74) is 7.65. The van der Waals surface area contributed by atoms with E-state index in [0.29, 0.717) is 12.6 Å². The number of rotatable bonds is 3. The zero-order valence-electron chi connectivity index (χ0n) is 10.9. The molecule has 0 saturated heterocycles. The average Bonchev–Trinajstić information content (AvgIpc) is 2.93. The van der Waals surface area contributed by atoms with Crippen molar-refractivity contribution in [1.29, 1.82) is 0 Å². The van der Waals surface area contributed by atoms with Gasteiger partial charge >= 0.3 is 0 Å². The van der Waals surface area contributed by atoms with Gasteiger partial charge in [-0.2, -0.15) is 5.10 Å². The van der Waals surface area contributed by atoms with E-state index in [1.54, 1.807) is 4.68 Å². The van der Waals surface area contributed by atoms with E-state index in [1.807, 2.05) is 49.0 Å². The second-order valence-corrected chi connectivity index (χ2v) is 4.21. The van der Waals surface area contributed by atoms with Crippen molar-refractivity contribution < 1.29 is 4.74 Å². The maximum atomic E-state index is 6.01. The molecule has 3 aromatic rings. The first-order valence-electron chi connectivity index (χ1n) is 6.10. The molecule has 19 heavy (non-hydrogen) atoms. The van der Waals surface area contributed by atoms with Gasteiger partial charge in [-0.1, -0.05) is 6.07 Å². The summed E-state index contributed by atoms with van der Waals surface area (Å²) in [6.07, 6.45) is 1.87. The zero-order chi connectivity index (χ0) is 13.4. The van der Waals surface area contributed by atoms with Crippen molar-refractivity contribution in [3.05, 3.63) is 30.5 Å². The van der Waals surface area contributed by atoms with Crippen molar-refractivity contribution in [1.82, 2.24) is 19.3 Å². The summed E-state index contributed by atoms with van der Waals surface area (Å²) in [6, 6.07) is 7.66. The Kier molecular flexibility index (Phi) is 2.63. The third kappa shape index (κ3) is 1.81. The van der Waals surface area contributed by atoms with E-state index in [0.717, 1.165) is 22.6 Å². The standard InChI is InChI=1S/C13H15N5O/c1-3-19-10-6-4-5-9-12(10)15-13(14)18(9)11-7-8-17(2)16-11/h4-8H,3H2,1-2H3,(H2,14,15). The quantitative estimate of drug-likeness (QED) is 0.775. The summed E-state index contributed by atoms with van der Waals surface area (Å²) in [7, 11) is 1.87. The van der Waals surface area contributed by atoms with E-state index in [4.69, 9.17) is 10.5 Å². The van der Waals surface area contributed by atoms with Crippen LogP contribution in [0.4, 0.5) is 5.95 Å². The van der Waals surface area contributed by atoms with Crippen LogP contribution in [0.3, 0.4) is 0 Å². The minimum Gasteiger partial charge on any atom is -0.492 e. The minimum absolute atomic E-state index is 0.404. The molecule has 0 spiro atoms. The summed E-state index contributed by atoms with van der Waals surface area (Å²) in [4.78, 5) is 4.38. The number of aromatic nitrogens is 4. The van der Waals surface area contributed by atoms with Crippen LogP contribution in [0.5, 0.6) is 5.75 Å². The number of fused-ring (bicyclic) bond motifs is 1. The van der Waals surface area contributed by atoms with Gasteiger partial charge in [-0.15, -0.1) is 0 Å². The average molecular weight is 257 g/mol. The lowest BCUT2D eigenvalue weighted by Gasteiger charge is -2.04. The number of nitrogens with two attached hydrogens (primary N) is 1. The Hall–Kier alpha value is -2.50. The highest BCUT2D eigenvalue weighted by Gasteiger charge is 2.14. The largest absolute Gasteiger partial charge is 0.492 e. The van der Waals surface area contributed by atoms with Crippen molar-refractivity contribution >= 4 is 17.0 Å². The first-order chi connectivity index (χ1) is 9.20. The Morgan fingerprint density at radius 2 is 2.16 bits per heavy atom. The predicted octanol–water partition coefficient (Wildman–Crippen LogP) is 1.74. The highest BCUT2D eigenvalue weighted by atomic mass is 16.5. The summed E-state index contributed by atoms with van der Waals surface area (Å²) in [5.74, 6) is 1.89. The first-order valence-corrected chi connectivity index (χ1v) is 6.10. The van der Waals surface area contributed by atoms with Crippen molar-refractivity contribution in [2.45, 2.75) is 6.92 Å². The Bertz CT molecular complexity index is 728. The summed E-state index contributed by atoms with van der Waals surface area (Å²) in [5, 5.41) is 4.36. The third-order valence-electron chi connectivity index (χ3n) is 2.90. The van der Waals surface area contributed by atoms with Crippen molar-refractivity contribution in [3.8, 4) is 11.6 Å². The molecule has 98 valence electrons. The van der Waals surface area contributed by atoms with E-state index in [1.165, 1.54) is 0 Å². The Morgan fingerprint density at radius 3 is 2.84 bits per heavy atom. The first kappa shape index (κ1) is 11.6. The molecule has 0 aliphatic heterocycles. The van der Waals surface area contributed by atoms with Gasteiger partial charge in [0, 0.05) is 19.3 Å². The molecule has 6 heteroatoms. The normalized spacial score (nSPS) is 11.1. The fourth-order valence-corrected chi connectivity index (χ4v) is 2.13. The van der Waals surface area contributed by atoms with Gasteiger partial charge in [0.25, 0.3) is 0 Å². The van der Waals surface area contributed by atoms with E-state index in [-0.39, 0.29) is 0 Å². The van der Waals surface area contributed by atoms with Crippen LogP contribution >= 0.6 is 0 Å². The van der Waals surface area contributed by atoms with Crippen LogP contribution in [0.2, 0.25) is 0 Å². The highest BCUT2D eigenvalue weighted by Crippen LogP contribution is 2.28. The second-order valence-electron chi connectivity index (χ2n) is 4.21. The molecule has 3 rings (SSSR count). The number of para-hydroxylation sites is 1. The summed E-state index contributed by atoms with van der Waals surface area (Å²) >= 11 is 0. The monoisotopic (exact) mass is 257 g/mol. The number of benzene rings is 1. The Labute approximate surface area is 110 Å². The van der Waals surface area contributed by atoms with Gasteiger partial charge < -0.3 is 10.5 Å². The zero-order valence-corrected chi connectivity index (χ0v) is 10.9. The van der Waals surface area contributed by atoms with Gasteiger partial charge in [-0.25, -0.2) is 4.98 Å². The van der Waals surface area contributed by atoms with Crippen molar-refractivity contribution in [2.75, 3.05) is 12.3 Å². The topological polar surface area (TPSA) is 70.9 Å². The van der Waals surface area contributed by atoms with Gasteiger partial charge in [0.2, 0.25) is 5.95 Å². The molecule has 0 bridgehead atoms. The second kappa shape index (κ2) is 4.31. The lowest BCUT2D eigenvalue weighted by molar-refractivity contribution is 0.344. The van der Waals surface area contributed by atoms with Gasteiger partial charge in [0.15, 0.2) is 5.82 Å². The molecule has 0 saturated carbocycles. The van der Waals surface area contributed by atoms with Crippen LogP contribution in [-0.2, 0) is 7.05 Å². The number of hydrogen-bond donors (Lipinski definition) is 1. The number of nitrogens with zero attached hydrogens (tertiary/aromatic N) is 4. The molecule has 0 aliphatic carbocycles. The Morgan fingerprint density at radius 1 is 1.32 bits per heavy atom. The summed E-state index contributed by atoms with van der Waals surface area (Å²) < 4.78 is 9.12. The lowest BCUT2D eigenvalue weighted by atomic mass is 10.3. The van der Waals surface area contributed by atoms with Crippen molar-refractivity contribution in [3.63, 3.8) is 0 Å². The van der Waals surface area contributed by atoms with Crippen LogP contribution in [0, 0.1) is 0 Å². The number of anilines is 1. The van der Waals surface area contributed by atoms with Crippen LogP contribution in [0.1, 0.15) is 6.92 Å². The van der Waals surface area contributed by atoms with E-state index >= 15 is 0 Å². The third-order valence-corrected chi connectivity index (χ3v) is 2.90. The molecule has 0 fully saturated rings. The maximum Gasteiger partial charge on any atom is 0.207 e. The molecular formula is C13H15N5O. The van der Waals surface area contributed by atoms with Gasteiger partial charge in [-0.3, -0.25) is 9.25 Å². The van der Waals surface area contributed by atoms with Crippen LogP contribution < -0.4 is 10.5 Å².